The highest BCUT2D eigenvalue weighted by molar-refractivity contribution is 5.98. The molecule has 104 valence electrons. The SMILES string of the molecule is CNc1ncccc1C(=O)N(C)CC1(O)CCCC1. The van der Waals surface area contributed by atoms with Gasteiger partial charge in [0.15, 0.2) is 0 Å². The van der Waals surface area contributed by atoms with Gasteiger partial charge >= 0.3 is 0 Å². The van der Waals surface area contributed by atoms with E-state index in [1.807, 2.05) is 0 Å². The van der Waals surface area contributed by atoms with E-state index in [9.17, 15) is 9.90 Å². The van der Waals surface area contributed by atoms with Crippen LogP contribution in [0, 0.1) is 0 Å². The van der Waals surface area contributed by atoms with Crippen LogP contribution in [-0.4, -0.2) is 47.1 Å². The van der Waals surface area contributed by atoms with Crippen LogP contribution >= 0.6 is 0 Å². The lowest BCUT2D eigenvalue weighted by Gasteiger charge is -2.28. The van der Waals surface area contributed by atoms with Crippen LogP contribution in [0.3, 0.4) is 0 Å². The van der Waals surface area contributed by atoms with E-state index in [-0.39, 0.29) is 5.91 Å². The number of nitrogens with one attached hydrogen (secondary N) is 1. The molecule has 0 aliphatic heterocycles. The van der Waals surface area contributed by atoms with Gasteiger partial charge in [0.2, 0.25) is 0 Å². The summed E-state index contributed by atoms with van der Waals surface area (Å²) in [5.74, 6) is 0.454. The Kier molecular flexibility index (Phi) is 4.04. The Hall–Kier alpha value is -1.62. The third kappa shape index (κ3) is 3.04. The summed E-state index contributed by atoms with van der Waals surface area (Å²) in [5.41, 5.74) is -0.180. The number of pyridine rings is 1. The zero-order valence-corrected chi connectivity index (χ0v) is 11.5. The summed E-state index contributed by atoms with van der Waals surface area (Å²) in [6.45, 7) is 0.379. The number of aliphatic hydroxyl groups is 1. The standard InChI is InChI=1S/C14H21N3O2/c1-15-12-11(6-5-9-16-12)13(18)17(2)10-14(19)7-3-4-8-14/h5-6,9,19H,3-4,7-8,10H2,1-2H3,(H,15,16). The lowest BCUT2D eigenvalue weighted by molar-refractivity contribution is 0.0157. The number of anilines is 1. The molecule has 0 radical (unpaired) electrons. The molecular weight excluding hydrogens is 242 g/mol. The molecule has 1 aromatic heterocycles. The van der Waals surface area contributed by atoms with Crippen molar-refractivity contribution in [3.63, 3.8) is 0 Å². The molecule has 0 atom stereocenters. The number of hydrogen-bond donors (Lipinski definition) is 2. The fraction of sp³-hybridized carbons (Fsp3) is 0.571. The summed E-state index contributed by atoms with van der Waals surface area (Å²) in [7, 11) is 3.47. The molecular formula is C14H21N3O2. The maximum absolute atomic E-state index is 12.4. The zero-order chi connectivity index (χ0) is 13.9. The predicted molar refractivity (Wildman–Crippen MR) is 74.2 cm³/mol. The molecule has 2 N–H and O–H groups in total. The van der Waals surface area contributed by atoms with Crippen LogP contribution in [0.1, 0.15) is 36.0 Å². The van der Waals surface area contributed by atoms with Gasteiger partial charge < -0.3 is 15.3 Å². The van der Waals surface area contributed by atoms with Crippen LogP contribution < -0.4 is 5.32 Å². The fourth-order valence-corrected chi connectivity index (χ4v) is 2.69. The largest absolute Gasteiger partial charge is 0.388 e. The van der Waals surface area contributed by atoms with E-state index >= 15 is 0 Å². The molecule has 0 aromatic carbocycles. The molecule has 1 heterocycles. The van der Waals surface area contributed by atoms with Gasteiger partial charge in [-0.25, -0.2) is 4.98 Å². The van der Waals surface area contributed by atoms with Crippen LogP contribution in [0.25, 0.3) is 0 Å². The van der Waals surface area contributed by atoms with E-state index in [0.717, 1.165) is 25.7 Å². The van der Waals surface area contributed by atoms with Gasteiger partial charge in [-0.1, -0.05) is 12.8 Å². The van der Waals surface area contributed by atoms with Crippen molar-refractivity contribution >= 4 is 11.7 Å². The summed E-state index contributed by atoms with van der Waals surface area (Å²) >= 11 is 0. The van der Waals surface area contributed by atoms with E-state index in [2.05, 4.69) is 10.3 Å². The van der Waals surface area contributed by atoms with Crippen LogP contribution in [0.4, 0.5) is 5.82 Å². The smallest absolute Gasteiger partial charge is 0.257 e. The first-order chi connectivity index (χ1) is 9.06. The maximum atomic E-state index is 12.4. The monoisotopic (exact) mass is 263 g/mol. The number of carbonyl (C=O) groups is 1. The first-order valence-electron chi connectivity index (χ1n) is 6.66. The average Bonchev–Trinajstić information content (AvgIpc) is 2.84. The molecule has 19 heavy (non-hydrogen) atoms. The fourth-order valence-electron chi connectivity index (χ4n) is 2.69. The van der Waals surface area contributed by atoms with Crippen LogP contribution in [0.2, 0.25) is 0 Å². The number of hydrogen-bond acceptors (Lipinski definition) is 4. The molecule has 1 amide bonds. The summed E-state index contributed by atoms with van der Waals surface area (Å²) in [5, 5.41) is 13.3. The molecule has 5 nitrogen and oxygen atoms in total. The average molecular weight is 263 g/mol. The first kappa shape index (κ1) is 13.8. The quantitative estimate of drug-likeness (QED) is 0.864. The summed E-state index contributed by atoms with van der Waals surface area (Å²) in [6, 6.07) is 3.49. The summed E-state index contributed by atoms with van der Waals surface area (Å²) in [6.07, 6.45) is 5.26. The van der Waals surface area contributed by atoms with E-state index in [4.69, 9.17) is 0 Å². The van der Waals surface area contributed by atoms with Gasteiger partial charge in [0, 0.05) is 26.8 Å². The Morgan fingerprint density at radius 3 is 2.84 bits per heavy atom. The molecule has 1 aliphatic carbocycles. The van der Waals surface area contributed by atoms with Crippen molar-refractivity contribution in [1.29, 1.82) is 0 Å². The highest BCUT2D eigenvalue weighted by atomic mass is 16.3. The summed E-state index contributed by atoms with van der Waals surface area (Å²) < 4.78 is 0. The second kappa shape index (κ2) is 5.57. The van der Waals surface area contributed by atoms with Crippen LogP contribution in [-0.2, 0) is 0 Å². The van der Waals surface area contributed by atoms with Crippen molar-refractivity contribution in [3.05, 3.63) is 23.9 Å². The minimum absolute atomic E-state index is 0.113. The van der Waals surface area contributed by atoms with Gasteiger partial charge in [0.25, 0.3) is 5.91 Å². The molecule has 5 heteroatoms. The lowest BCUT2D eigenvalue weighted by Crippen LogP contribution is -2.42. The topological polar surface area (TPSA) is 65.5 Å². The number of nitrogens with zero attached hydrogens (tertiary/aromatic N) is 2. The molecule has 1 saturated carbocycles. The van der Waals surface area contributed by atoms with E-state index in [0.29, 0.717) is 17.9 Å². The number of amides is 1. The van der Waals surface area contributed by atoms with Crippen molar-refractivity contribution in [2.24, 2.45) is 0 Å². The Morgan fingerprint density at radius 2 is 2.21 bits per heavy atom. The number of carbonyl (C=O) groups excluding carboxylic acids is 1. The van der Waals surface area contributed by atoms with Crippen LogP contribution in [0.5, 0.6) is 0 Å². The van der Waals surface area contributed by atoms with Crippen molar-refractivity contribution < 1.29 is 9.90 Å². The normalized spacial score (nSPS) is 17.2. The van der Waals surface area contributed by atoms with Crippen molar-refractivity contribution in [1.82, 2.24) is 9.88 Å². The minimum atomic E-state index is -0.716. The van der Waals surface area contributed by atoms with Crippen LogP contribution in [0.15, 0.2) is 18.3 Å². The minimum Gasteiger partial charge on any atom is -0.388 e. The van der Waals surface area contributed by atoms with Gasteiger partial charge in [0.05, 0.1) is 11.2 Å². The number of likely N-dealkylation sites (N-methyl/N-ethyl adjacent to an activating group) is 1. The Labute approximate surface area is 113 Å². The van der Waals surface area contributed by atoms with E-state index < -0.39 is 5.60 Å². The summed E-state index contributed by atoms with van der Waals surface area (Å²) in [4.78, 5) is 18.1. The molecule has 0 unspecified atom stereocenters. The number of rotatable bonds is 4. The lowest BCUT2D eigenvalue weighted by atomic mass is 10.0. The third-order valence-corrected chi connectivity index (χ3v) is 3.69. The number of aromatic nitrogens is 1. The Balaban J connectivity index is 2.10. The molecule has 1 aliphatic rings. The van der Waals surface area contributed by atoms with Gasteiger partial charge in [-0.2, -0.15) is 0 Å². The highest BCUT2D eigenvalue weighted by Gasteiger charge is 2.33. The highest BCUT2D eigenvalue weighted by Crippen LogP contribution is 2.30. The van der Waals surface area contributed by atoms with Gasteiger partial charge in [0.1, 0.15) is 5.82 Å². The molecule has 0 spiro atoms. The van der Waals surface area contributed by atoms with E-state index in [1.54, 1.807) is 37.3 Å². The van der Waals surface area contributed by atoms with Gasteiger partial charge in [-0.05, 0) is 25.0 Å². The molecule has 1 fully saturated rings. The Morgan fingerprint density at radius 1 is 1.53 bits per heavy atom. The second-order valence-corrected chi connectivity index (χ2v) is 5.24. The molecule has 1 aromatic rings. The maximum Gasteiger partial charge on any atom is 0.257 e. The van der Waals surface area contributed by atoms with Gasteiger partial charge in [-0.15, -0.1) is 0 Å². The molecule has 0 saturated heterocycles. The second-order valence-electron chi connectivity index (χ2n) is 5.24. The molecule has 2 rings (SSSR count). The first-order valence-corrected chi connectivity index (χ1v) is 6.66. The predicted octanol–water partition coefficient (Wildman–Crippen LogP) is 1.50. The third-order valence-electron chi connectivity index (χ3n) is 3.69. The van der Waals surface area contributed by atoms with Crippen molar-refractivity contribution in [2.45, 2.75) is 31.3 Å². The zero-order valence-electron chi connectivity index (χ0n) is 11.5. The Bertz CT molecular complexity index is 456. The van der Waals surface area contributed by atoms with Crippen molar-refractivity contribution in [2.75, 3.05) is 26.0 Å². The molecule has 0 bridgehead atoms. The van der Waals surface area contributed by atoms with Crippen molar-refractivity contribution in [3.8, 4) is 0 Å². The van der Waals surface area contributed by atoms with Gasteiger partial charge in [-0.3, -0.25) is 4.79 Å². The van der Waals surface area contributed by atoms with E-state index in [1.165, 1.54) is 0 Å².